The number of carbonyl (C=O) groups is 2. The Hall–Kier alpha value is -3.20. The molecule has 8 nitrogen and oxygen atoms in total. The van der Waals surface area contributed by atoms with E-state index in [1.165, 1.54) is 11.3 Å². The van der Waals surface area contributed by atoms with Gasteiger partial charge in [0.25, 0.3) is 0 Å². The summed E-state index contributed by atoms with van der Waals surface area (Å²) >= 11 is 1.19. The molecule has 1 atom stereocenters. The molecule has 1 aromatic carbocycles. The normalized spacial score (nSPS) is 11.8. The predicted molar refractivity (Wildman–Crippen MR) is 113 cm³/mol. The molecule has 3 rings (SSSR count). The Morgan fingerprint density at radius 2 is 1.90 bits per heavy atom. The quantitative estimate of drug-likeness (QED) is 0.622. The van der Waals surface area contributed by atoms with Gasteiger partial charge in [0, 0.05) is 47.3 Å². The van der Waals surface area contributed by atoms with E-state index in [0.29, 0.717) is 17.9 Å². The third kappa shape index (κ3) is 5.00. The van der Waals surface area contributed by atoms with Crippen LogP contribution in [0.5, 0.6) is 0 Å². The van der Waals surface area contributed by atoms with Gasteiger partial charge in [0.2, 0.25) is 11.8 Å². The molecular weight excluding hydrogens is 390 g/mol. The molecule has 0 aliphatic heterocycles. The van der Waals surface area contributed by atoms with Crippen molar-refractivity contribution >= 4 is 34.5 Å². The van der Waals surface area contributed by atoms with E-state index in [9.17, 15) is 14.4 Å². The number of carbonyl (C=O) groups excluding carboxylic acids is 2. The smallest absolute Gasteiger partial charge is 0.307 e. The average molecular weight is 414 g/mol. The summed E-state index contributed by atoms with van der Waals surface area (Å²) in [5, 5.41) is 9.70. The molecule has 29 heavy (non-hydrogen) atoms. The second-order valence-electron chi connectivity index (χ2n) is 6.69. The van der Waals surface area contributed by atoms with Crippen molar-refractivity contribution in [3.63, 3.8) is 0 Å². The molecule has 2 amide bonds. The summed E-state index contributed by atoms with van der Waals surface area (Å²) in [4.78, 5) is 37.5. The Bertz CT molecular complexity index is 1070. The van der Waals surface area contributed by atoms with E-state index < -0.39 is 6.04 Å². The molecule has 2 heterocycles. The molecule has 0 saturated heterocycles. The lowest BCUT2D eigenvalue weighted by Crippen LogP contribution is -2.24. The Balaban J connectivity index is 1.58. The molecule has 0 saturated carbocycles. The van der Waals surface area contributed by atoms with Crippen molar-refractivity contribution in [2.45, 2.75) is 39.8 Å². The molecule has 2 N–H and O–H groups in total. The van der Waals surface area contributed by atoms with Crippen LogP contribution in [0, 0.1) is 13.8 Å². The molecule has 0 spiro atoms. The Labute approximate surface area is 172 Å². The van der Waals surface area contributed by atoms with Gasteiger partial charge >= 0.3 is 4.87 Å². The van der Waals surface area contributed by atoms with E-state index in [0.717, 1.165) is 10.6 Å². The number of hydrogen-bond donors (Lipinski definition) is 2. The monoisotopic (exact) mass is 413 g/mol. The van der Waals surface area contributed by atoms with Crippen LogP contribution in [0.4, 0.5) is 11.4 Å². The maximum atomic E-state index is 12.4. The molecule has 0 bridgehead atoms. The summed E-state index contributed by atoms with van der Waals surface area (Å²) in [5.41, 5.74) is 2.04. The van der Waals surface area contributed by atoms with Gasteiger partial charge in [0.15, 0.2) is 0 Å². The van der Waals surface area contributed by atoms with Crippen LogP contribution in [0.3, 0.4) is 0 Å². The maximum absolute atomic E-state index is 12.4. The second kappa shape index (κ2) is 8.87. The van der Waals surface area contributed by atoms with Crippen LogP contribution < -0.4 is 15.5 Å². The van der Waals surface area contributed by atoms with Crippen molar-refractivity contribution in [3.8, 4) is 0 Å². The van der Waals surface area contributed by atoms with Gasteiger partial charge in [-0.2, -0.15) is 5.10 Å². The van der Waals surface area contributed by atoms with E-state index in [1.807, 2.05) is 13.8 Å². The van der Waals surface area contributed by atoms with E-state index in [-0.39, 0.29) is 23.1 Å². The molecular formula is C20H23N5O3S. The molecule has 0 radical (unpaired) electrons. The number of aromatic nitrogens is 3. The van der Waals surface area contributed by atoms with Crippen LogP contribution in [-0.4, -0.2) is 26.2 Å². The average Bonchev–Trinajstić information content (AvgIpc) is 3.29. The van der Waals surface area contributed by atoms with Gasteiger partial charge in [-0.25, -0.2) is 0 Å². The zero-order chi connectivity index (χ0) is 21.0. The molecule has 0 aliphatic rings. The van der Waals surface area contributed by atoms with Gasteiger partial charge in [-0.3, -0.25) is 19.1 Å². The molecule has 3 aromatic rings. The standard InChI is InChI=1S/C20H23N5O3S/c1-13-15(3)29-20(28)24(13)11-8-18(26)22-16-6-4-7-17(12-16)23-19(27)14(2)25-10-5-9-21-25/h4-7,9-10,12,14H,8,11H2,1-3H3,(H,22,26)(H,23,27). The third-order valence-electron chi connectivity index (χ3n) is 4.65. The maximum Gasteiger partial charge on any atom is 0.307 e. The molecule has 0 aliphatic carbocycles. The van der Waals surface area contributed by atoms with Crippen molar-refractivity contribution in [2.75, 3.05) is 10.6 Å². The minimum atomic E-state index is -0.459. The van der Waals surface area contributed by atoms with Crippen molar-refractivity contribution in [3.05, 3.63) is 63.0 Å². The summed E-state index contributed by atoms with van der Waals surface area (Å²) in [6.45, 7) is 5.86. The van der Waals surface area contributed by atoms with Gasteiger partial charge in [0.05, 0.1) is 0 Å². The van der Waals surface area contributed by atoms with Crippen LogP contribution in [0.1, 0.15) is 30.0 Å². The number of rotatable bonds is 7. The first-order valence-electron chi connectivity index (χ1n) is 9.22. The van der Waals surface area contributed by atoms with Crippen LogP contribution in [0.15, 0.2) is 47.5 Å². The number of nitrogens with one attached hydrogen (secondary N) is 2. The number of hydrogen-bond acceptors (Lipinski definition) is 5. The highest BCUT2D eigenvalue weighted by atomic mass is 32.1. The van der Waals surface area contributed by atoms with Crippen LogP contribution in [-0.2, 0) is 16.1 Å². The molecule has 0 fully saturated rings. The first kappa shape index (κ1) is 20.5. The minimum absolute atomic E-state index is 0.0520. The number of thiazole rings is 1. The largest absolute Gasteiger partial charge is 0.326 e. The van der Waals surface area contributed by atoms with E-state index >= 15 is 0 Å². The SMILES string of the molecule is Cc1sc(=O)n(CCC(=O)Nc2cccc(NC(=O)C(C)n3cccn3)c2)c1C. The van der Waals surface area contributed by atoms with Gasteiger partial charge in [-0.15, -0.1) is 0 Å². The van der Waals surface area contributed by atoms with Gasteiger partial charge in [-0.05, 0) is 45.0 Å². The van der Waals surface area contributed by atoms with Crippen LogP contribution in [0.25, 0.3) is 0 Å². The van der Waals surface area contributed by atoms with Crippen LogP contribution in [0.2, 0.25) is 0 Å². The van der Waals surface area contributed by atoms with Gasteiger partial charge in [0.1, 0.15) is 6.04 Å². The van der Waals surface area contributed by atoms with Crippen molar-refractivity contribution in [1.29, 1.82) is 0 Å². The summed E-state index contributed by atoms with van der Waals surface area (Å²) in [7, 11) is 0. The number of aryl methyl sites for hydroxylation is 1. The fraction of sp³-hybridized carbons (Fsp3) is 0.300. The second-order valence-corrected chi connectivity index (χ2v) is 7.86. The lowest BCUT2D eigenvalue weighted by atomic mass is 10.2. The highest BCUT2D eigenvalue weighted by Gasteiger charge is 2.15. The summed E-state index contributed by atoms with van der Waals surface area (Å²) in [5.74, 6) is -0.409. The first-order chi connectivity index (χ1) is 13.8. The Morgan fingerprint density at radius 3 is 2.52 bits per heavy atom. The number of nitrogens with zero attached hydrogens (tertiary/aromatic N) is 3. The minimum Gasteiger partial charge on any atom is -0.326 e. The lowest BCUT2D eigenvalue weighted by molar-refractivity contribution is -0.119. The number of amides is 2. The Kier molecular flexibility index (Phi) is 6.28. The molecule has 9 heteroatoms. The summed E-state index contributed by atoms with van der Waals surface area (Å²) in [6.07, 6.45) is 3.53. The topological polar surface area (TPSA) is 98.0 Å². The third-order valence-corrected chi connectivity index (χ3v) is 5.65. The molecule has 152 valence electrons. The predicted octanol–water partition coefficient (Wildman–Crippen LogP) is 2.95. The van der Waals surface area contributed by atoms with Crippen molar-refractivity contribution < 1.29 is 9.59 Å². The van der Waals surface area contributed by atoms with Crippen LogP contribution >= 0.6 is 11.3 Å². The number of anilines is 2. The van der Waals surface area contributed by atoms with E-state index in [1.54, 1.807) is 58.9 Å². The highest BCUT2D eigenvalue weighted by Crippen LogP contribution is 2.17. The highest BCUT2D eigenvalue weighted by molar-refractivity contribution is 7.09. The molecule has 2 aromatic heterocycles. The van der Waals surface area contributed by atoms with E-state index in [2.05, 4.69) is 15.7 Å². The first-order valence-corrected chi connectivity index (χ1v) is 10.0. The summed E-state index contributed by atoms with van der Waals surface area (Å²) < 4.78 is 3.18. The fourth-order valence-corrected chi connectivity index (χ4v) is 3.69. The van der Waals surface area contributed by atoms with Crippen molar-refractivity contribution in [1.82, 2.24) is 14.3 Å². The summed E-state index contributed by atoms with van der Waals surface area (Å²) in [6, 6.07) is 8.24. The van der Waals surface area contributed by atoms with Gasteiger partial charge < -0.3 is 15.2 Å². The van der Waals surface area contributed by atoms with Gasteiger partial charge in [-0.1, -0.05) is 17.4 Å². The Morgan fingerprint density at radius 1 is 1.17 bits per heavy atom. The molecule has 1 unspecified atom stereocenters. The zero-order valence-corrected chi connectivity index (χ0v) is 17.3. The number of benzene rings is 1. The fourth-order valence-electron chi connectivity index (χ4n) is 2.83. The zero-order valence-electron chi connectivity index (χ0n) is 16.5. The van der Waals surface area contributed by atoms with E-state index in [4.69, 9.17) is 0 Å². The van der Waals surface area contributed by atoms with Crippen molar-refractivity contribution in [2.24, 2.45) is 0 Å². The lowest BCUT2D eigenvalue weighted by Gasteiger charge is -2.13.